The molecule has 2 rings (SSSR count). The van der Waals surface area contributed by atoms with Crippen molar-refractivity contribution in [1.82, 2.24) is 10.6 Å². The Kier molecular flexibility index (Phi) is 10.2. The quantitative estimate of drug-likeness (QED) is 0.195. The lowest BCUT2D eigenvalue weighted by molar-refractivity contribution is -0.384. The fraction of sp³-hybridized carbons (Fsp3) is 0.316. The van der Waals surface area contributed by atoms with Crippen LogP contribution in [-0.4, -0.2) is 24.0 Å². The number of nitro benzene ring substituents is 1. The van der Waals surface area contributed by atoms with Crippen LogP contribution in [0, 0.1) is 10.1 Å². The van der Waals surface area contributed by atoms with Gasteiger partial charge in [-0.2, -0.15) is 0 Å². The van der Waals surface area contributed by atoms with Crippen molar-refractivity contribution in [2.45, 2.75) is 26.9 Å². The highest BCUT2D eigenvalue weighted by molar-refractivity contribution is 14.0. The van der Waals surface area contributed by atoms with Gasteiger partial charge in [-0.05, 0) is 25.5 Å². The lowest BCUT2D eigenvalue weighted by Crippen LogP contribution is -2.36. The van der Waals surface area contributed by atoms with Crippen molar-refractivity contribution >= 4 is 35.6 Å². The van der Waals surface area contributed by atoms with Gasteiger partial charge in [-0.25, -0.2) is 4.99 Å². The van der Waals surface area contributed by atoms with Crippen LogP contribution in [0.4, 0.5) is 5.69 Å². The molecule has 0 atom stereocenters. The number of halogens is 1. The molecule has 2 aromatic rings. The molecule has 2 aromatic carbocycles. The van der Waals surface area contributed by atoms with E-state index in [0.29, 0.717) is 32.2 Å². The van der Waals surface area contributed by atoms with Crippen molar-refractivity contribution in [1.29, 1.82) is 0 Å². The summed E-state index contributed by atoms with van der Waals surface area (Å²) in [5.74, 6) is 1.49. The first-order chi connectivity index (χ1) is 12.6. The zero-order valence-electron chi connectivity index (χ0n) is 15.5. The van der Waals surface area contributed by atoms with E-state index in [0.717, 1.165) is 16.9 Å². The summed E-state index contributed by atoms with van der Waals surface area (Å²) in [5, 5.41) is 17.3. The molecule has 0 saturated heterocycles. The monoisotopic (exact) mass is 484 g/mol. The van der Waals surface area contributed by atoms with Gasteiger partial charge in [0.2, 0.25) is 0 Å². The first-order valence-electron chi connectivity index (χ1n) is 8.60. The predicted octanol–water partition coefficient (Wildman–Crippen LogP) is 3.87. The van der Waals surface area contributed by atoms with Crippen LogP contribution >= 0.6 is 24.0 Å². The van der Waals surface area contributed by atoms with E-state index < -0.39 is 4.92 Å². The summed E-state index contributed by atoms with van der Waals surface area (Å²) in [5.41, 5.74) is 1.89. The van der Waals surface area contributed by atoms with Gasteiger partial charge in [0, 0.05) is 30.8 Å². The Morgan fingerprint density at radius 3 is 2.63 bits per heavy atom. The maximum absolute atomic E-state index is 10.9. The van der Waals surface area contributed by atoms with E-state index in [1.54, 1.807) is 6.07 Å². The summed E-state index contributed by atoms with van der Waals surface area (Å²) in [6, 6.07) is 14.4. The number of guanidine groups is 1. The van der Waals surface area contributed by atoms with Crippen LogP contribution in [0.2, 0.25) is 0 Å². The average Bonchev–Trinajstić information content (AvgIpc) is 2.65. The van der Waals surface area contributed by atoms with Crippen molar-refractivity contribution < 1.29 is 9.66 Å². The van der Waals surface area contributed by atoms with Crippen LogP contribution in [0.15, 0.2) is 53.5 Å². The van der Waals surface area contributed by atoms with Gasteiger partial charge in [-0.1, -0.05) is 30.3 Å². The van der Waals surface area contributed by atoms with Crippen LogP contribution in [0.25, 0.3) is 0 Å². The summed E-state index contributed by atoms with van der Waals surface area (Å²) in [7, 11) is 0. The summed E-state index contributed by atoms with van der Waals surface area (Å²) in [6.45, 7) is 6.18. The van der Waals surface area contributed by atoms with E-state index in [2.05, 4.69) is 15.6 Å². The smallest absolute Gasteiger partial charge is 0.269 e. The van der Waals surface area contributed by atoms with Crippen LogP contribution in [0.1, 0.15) is 25.0 Å². The fourth-order valence-electron chi connectivity index (χ4n) is 2.41. The molecule has 7 nitrogen and oxygen atoms in total. The number of rotatable bonds is 8. The third-order valence-electron chi connectivity index (χ3n) is 3.60. The highest BCUT2D eigenvalue weighted by Gasteiger charge is 2.06. The summed E-state index contributed by atoms with van der Waals surface area (Å²) in [4.78, 5) is 15.0. The summed E-state index contributed by atoms with van der Waals surface area (Å²) in [6.07, 6.45) is 0. The molecule has 2 N–H and O–H groups in total. The Labute approximate surface area is 176 Å². The third kappa shape index (κ3) is 7.41. The minimum Gasteiger partial charge on any atom is -0.494 e. The molecule has 8 heteroatoms. The van der Waals surface area contributed by atoms with Gasteiger partial charge < -0.3 is 15.4 Å². The number of non-ortho nitro benzene ring substituents is 1. The molecular weight excluding hydrogens is 459 g/mol. The van der Waals surface area contributed by atoms with Crippen LogP contribution in [-0.2, 0) is 13.1 Å². The molecule has 146 valence electrons. The minimum atomic E-state index is -0.401. The molecule has 0 spiro atoms. The van der Waals surface area contributed by atoms with Gasteiger partial charge in [-0.15, -0.1) is 24.0 Å². The van der Waals surface area contributed by atoms with Crippen LogP contribution in [0.5, 0.6) is 5.75 Å². The number of nitrogens with one attached hydrogen (secondary N) is 2. The SMILES string of the molecule is CCNC(=NCc1cccc([N+](=O)[O-])c1)NCc1ccccc1OCC.I. The van der Waals surface area contributed by atoms with Crippen LogP contribution < -0.4 is 15.4 Å². The highest BCUT2D eigenvalue weighted by Crippen LogP contribution is 2.17. The normalized spacial score (nSPS) is 10.7. The molecule has 0 aliphatic rings. The van der Waals surface area contributed by atoms with Crippen molar-refractivity contribution in [2.75, 3.05) is 13.2 Å². The maximum atomic E-state index is 10.9. The van der Waals surface area contributed by atoms with E-state index in [1.807, 2.05) is 44.2 Å². The molecule has 0 unspecified atom stereocenters. The number of aliphatic imine (C=N–C) groups is 1. The molecule has 0 aromatic heterocycles. The molecule has 0 radical (unpaired) electrons. The van der Waals surface area contributed by atoms with Gasteiger partial charge >= 0.3 is 0 Å². The maximum Gasteiger partial charge on any atom is 0.269 e. The van der Waals surface area contributed by atoms with Gasteiger partial charge in [0.1, 0.15) is 5.75 Å². The van der Waals surface area contributed by atoms with E-state index in [4.69, 9.17) is 4.74 Å². The minimum absolute atomic E-state index is 0. The zero-order valence-corrected chi connectivity index (χ0v) is 17.8. The molecule has 0 aliphatic carbocycles. The molecule has 0 fully saturated rings. The van der Waals surface area contributed by atoms with Gasteiger partial charge in [0.15, 0.2) is 5.96 Å². The third-order valence-corrected chi connectivity index (χ3v) is 3.60. The summed E-state index contributed by atoms with van der Waals surface area (Å²) >= 11 is 0. The largest absolute Gasteiger partial charge is 0.494 e. The van der Waals surface area contributed by atoms with E-state index >= 15 is 0 Å². The van der Waals surface area contributed by atoms with Crippen molar-refractivity contribution in [2.24, 2.45) is 4.99 Å². The molecule has 0 bridgehead atoms. The number of nitro groups is 1. The fourth-order valence-corrected chi connectivity index (χ4v) is 2.41. The lowest BCUT2D eigenvalue weighted by atomic mass is 10.2. The zero-order chi connectivity index (χ0) is 18.8. The number of hydrogen-bond donors (Lipinski definition) is 2. The number of hydrogen-bond acceptors (Lipinski definition) is 4. The Hall–Kier alpha value is -2.36. The number of benzene rings is 2. The lowest BCUT2D eigenvalue weighted by Gasteiger charge is -2.14. The number of nitrogens with zero attached hydrogens (tertiary/aromatic N) is 2. The molecule has 0 saturated carbocycles. The van der Waals surface area contributed by atoms with Crippen molar-refractivity contribution in [3.63, 3.8) is 0 Å². The van der Waals surface area contributed by atoms with E-state index in [-0.39, 0.29) is 29.7 Å². The Morgan fingerprint density at radius 2 is 1.93 bits per heavy atom. The average molecular weight is 484 g/mol. The Balaban J connectivity index is 0.00000364. The second-order valence-electron chi connectivity index (χ2n) is 5.52. The second-order valence-corrected chi connectivity index (χ2v) is 5.52. The second kappa shape index (κ2) is 12.1. The molecular formula is C19H25IN4O3. The molecule has 27 heavy (non-hydrogen) atoms. The molecule has 0 amide bonds. The Bertz CT molecular complexity index is 768. The molecule has 0 heterocycles. The van der Waals surface area contributed by atoms with Gasteiger partial charge in [-0.3, -0.25) is 10.1 Å². The standard InChI is InChI=1S/C19H24N4O3.HI/c1-3-20-19(21-13-15-8-7-10-17(12-15)23(24)25)22-14-16-9-5-6-11-18(16)26-4-2;/h5-12H,3-4,13-14H2,1-2H3,(H2,20,21,22);1H. The Morgan fingerprint density at radius 1 is 1.15 bits per heavy atom. The first-order valence-corrected chi connectivity index (χ1v) is 8.60. The van der Waals surface area contributed by atoms with Gasteiger partial charge in [0.25, 0.3) is 5.69 Å². The summed E-state index contributed by atoms with van der Waals surface area (Å²) < 4.78 is 5.63. The van der Waals surface area contributed by atoms with Crippen LogP contribution in [0.3, 0.4) is 0 Å². The first kappa shape index (κ1) is 22.7. The van der Waals surface area contributed by atoms with Gasteiger partial charge in [0.05, 0.1) is 18.1 Å². The highest BCUT2D eigenvalue weighted by atomic mass is 127. The number of ether oxygens (including phenoxy) is 1. The van der Waals surface area contributed by atoms with E-state index in [9.17, 15) is 10.1 Å². The van der Waals surface area contributed by atoms with Crippen molar-refractivity contribution in [3.05, 3.63) is 69.8 Å². The number of para-hydroxylation sites is 1. The molecule has 0 aliphatic heterocycles. The topological polar surface area (TPSA) is 88.8 Å². The van der Waals surface area contributed by atoms with Crippen molar-refractivity contribution in [3.8, 4) is 5.75 Å². The van der Waals surface area contributed by atoms with E-state index in [1.165, 1.54) is 12.1 Å². The predicted molar refractivity (Wildman–Crippen MR) is 118 cm³/mol.